The van der Waals surface area contributed by atoms with E-state index in [1.165, 1.54) is 30.6 Å². The number of rotatable bonds is 14. The number of carbonyl (C=O) groups excluding carboxylic acids is 2. The van der Waals surface area contributed by atoms with Crippen LogP contribution in [0.3, 0.4) is 0 Å². The highest BCUT2D eigenvalue weighted by Gasteiger charge is 2.22. The fourth-order valence-electron chi connectivity index (χ4n) is 4.47. The second-order valence-electron chi connectivity index (χ2n) is 9.47. The minimum Gasteiger partial charge on any atom is -0.454 e. The Hall–Kier alpha value is -3.46. The highest BCUT2D eigenvalue weighted by Crippen LogP contribution is 2.37. The summed E-state index contributed by atoms with van der Waals surface area (Å²) < 4.78 is 10.8. The summed E-state index contributed by atoms with van der Waals surface area (Å²) in [6.45, 7) is 4.77. The van der Waals surface area contributed by atoms with E-state index in [0.717, 1.165) is 30.4 Å². The van der Waals surface area contributed by atoms with Gasteiger partial charge in [-0.2, -0.15) is 0 Å². The average Bonchev–Trinajstić information content (AvgIpc) is 3.60. The van der Waals surface area contributed by atoms with Gasteiger partial charge in [-0.3, -0.25) is 9.59 Å². The van der Waals surface area contributed by atoms with Crippen LogP contribution in [0.1, 0.15) is 76.8 Å². The zero-order chi connectivity index (χ0) is 26.7. The Bertz CT molecular complexity index is 1200. The molecule has 3 aromatic rings. The summed E-state index contributed by atoms with van der Waals surface area (Å²) in [6.07, 6.45) is 7.44. The molecule has 202 valence electrons. The summed E-state index contributed by atoms with van der Waals surface area (Å²) in [7, 11) is 0. The van der Waals surface area contributed by atoms with E-state index >= 15 is 0 Å². The monoisotopic (exact) mass is 536 g/mol. The topological polar surface area (TPSA) is 93.7 Å². The Balaban J connectivity index is 1.33. The summed E-state index contributed by atoms with van der Waals surface area (Å²) in [5.74, 6) is 1.26. The van der Waals surface area contributed by atoms with Crippen LogP contribution in [-0.4, -0.2) is 40.2 Å². The lowest BCUT2D eigenvalue weighted by atomic mass is 10.0. The molecule has 9 heteroatoms. The number of amides is 2. The fraction of sp³-hybridized carbons (Fsp3) is 0.448. The Kier molecular flexibility index (Phi) is 10.1. The highest BCUT2D eigenvalue weighted by atomic mass is 32.1. The van der Waals surface area contributed by atoms with Crippen LogP contribution in [0.5, 0.6) is 11.5 Å². The molecule has 2 aromatic carbocycles. The van der Waals surface area contributed by atoms with Crippen LogP contribution in [0.4, 0.5) is 5.13 Å². The summed E-state index contributed by atoms with van der Waals surface area (Å²) in [4.78, 5) is 27.9. The lowest BCUT2D eigenvalue weighted by Crippen LogP contribution is -2.36. The molecule has 1 aromatic heterocycles. The molecule has 1 aliphatic rings. The van der Waals surface area contributed by atoms with Crippen LogP contribution in [0.2, 0.25) is 0 Å². The number of nitrogens with zero attached hydrogens (tertiary/aromatic N) is 3. The number of hydrogen-bond donors (Lipinski definition) is 1. The van der Waals surface area contributed by atoms with Crippen LogP contribution in [0.15, 0.2) is 48.5 Å². The fourth-order valence-corrected chi connectivity index (χ4v) is 5.23. The van der Waals surface area contributed by atoms with Gasteiger partial charge >= 0.3 is 0 Å². The van der Waals surface area contributed by atoms with E-state index in [-0.39, 0.29) is 31.1 Å². The van der Waals surface area contributed by atoms with E-state index in [9.17, 15) is 9.59 Å². The number of nitrogens with one attached hydrogen (secondary N) is 1. The molecule has 2 heterocycles. The molecule has 0 bridgehead atoms. The molecule has 0 spiro atoms. The van der Waals surface area contributed by atoms with Gasteiger partial charge in [0, 0.05) is 24.9 Å². The Morgan fingerprint density at radius 2 is 1.74 bits per heavy atom. The molecule has 0 radical (unpaired) electrons. The van der Waals surface area contributed by atoms with Crippen molar-refractivity contribution in [3.05, 3.63) is 54.1 Å². The van der Waals surface area contributed by atoms with Crippen LogP contribution in [-0.2, 0) is 9.59 Å². The van der Waals surface area contributed by atoms with Gasteiger partial charge in [-0.05, 0) is 37.1 Å². The maximum Gasteiger partial charge on any atom is 0.231 e. The maximum atomic E-state index is 13.2. The van der Waals surface area contributed by atoms with Gasteiger partial charge in [-0.15, -0.1) is 10.2 Å². The van der Waals surface area contributed by atoms with E-state index < -0.39 is 0 Å². The van der Waals surface area contributed by atoms with Crippen LogP contribution < -0.4 is 14.8 Å². The molecular weight excluding hydrogens is 500 g/mol. The number of aromatic nitrogens is 2. The SMILES string of the molecule is CCCCCCCCC(=O)N(CCC(=O)Nc1nnc(-c2ccc3c(c2)OCO3)s1)[C@@H](C)c1ccccc1. The molecular formula is C29H36N4O4S. The summed E-state index contributed by atoms with van der Waals surface area (Å²) in [6, 6.07) is 15.4. The number of ether oxygens (including phenoxy) is 2. The molecule has 0 aliphatic carbocycles. The third kappa shape index (κ3) is 7.54. The Morgan fingerprint density at radius 3 is 2.55 bits per heavy atom. The quantitative estimate of drug-likeness (QED) is 0.233. The first kappa shape index (κ1) is 27.6. The summed E-state index contributed by atoms with van der Waals surface area (Å²) in [5.41, 5.74) is 1.90. The minimum absolute atomic E-state index is 0.0886. The molecule has 8 nitrogen and oxygen atoms in total. The van der Waals surface area contributed by atoms with E-state index in [0.29, 0.717) is 34.6 Å². The van der Waals surface area contributed by atoms with E-state index in [1.807, 2.05) is 60.4 Å². The smallest absolute Gasteiger partial charge is 0.231 e. The molecule has 0 saturated carbocycles. The molecule has 0 fully saturated rings. The first-order valence-electron chi connectivity index (χ1n) is 13.4. The summed E-state index contributed by atoms with van der Waals surface area (Å²) >= 11 is 1.29. The molecule has 0 saturated heterocycles. The predicted molar refractivity (Wildman–Crippen MR) is 149 cm³/mol. The summed E-state index contributed by atoms with van der Waals surface area (Å²) in [5, 5.41) is 12.3. The van der Waals surface area contributed by atoms with Crippen molar-refractivity contribution >= 4 is 28.3 Å². The van der Waals surface area contributed by atoms with Gasteiger partial charge in [0.2, 0.25) is 23.7 Å². The van der Waals surface area contributed by atoms with Crippen molar-refractivity contribution in [2.45, 2.75) is 71.3 Å². The molecule has 0 unspecified atom stereocenters. The number of carbonyl (C=O) groups is 2. The maximum absolute atomic E-state index is 13.2. The standard InChI is InChI=1S/C29H36N4O4S/c1-3-4-5-6-7-11-14-27(35)33(21(2)22-12-9-8-10-13-22)18-17-26(34)30-29-32-31-28(38-29)23-15-16-24-25(19-23)37-20-36-24/h8-10,12-13,15-16,19,21H,3-7,11,14,17-18,20H2,1-2H3,(H,30,32,34)/t21-/m0/s1. The Labute approximate surface area is 228 Å². The highest BCUT2D eigenvalue weighted by molar-refractivity contribution is 7.18. The third-order valence-electron chi connectivity index (χ3n) is 6.68. The van der Waals surface area contributed by atoms with E-state index in [2.05, 4.69) is 22.4 Å². The average molecular weight is 537 g/mol. The van der Waals surface area contributed by atoms with Gasteiger partial charge in [0.15, 0.2) is 11.5 Å². The van der Waals surface area contributed by atoms with Crippen molar-refractivity contribution < 1.29 is 19.1 Å². The number of anilines is 1. The molecule has 38 heavy (non-hydrogen) atoms. The number of unbranched alkanes of at least 4 members (excludes halogenated alkanes) is 5. The lowest BCUT2D eigenvalue weighted by Gasteiger charge is -2.30. The lowest BCUT2D eigenvalue weighted by molar-refractivity contribution is -0.134. The van der Waals surface area contributed by atoms with Crippen molar-refractivity contribution in [3.63, 3.8) is 0 Å². The second-order valence-corrected chi connectivity index (χ2v) is 10.4. The molecule has 1 atom stereocenters. The Morgan fingerprint density at radius 1 is 0.974 bits per heavy atom. The molecule has 4 rings (SSSR count). The number of hydrogen-bond acceptors (Lipinski definition) is 7. The number of benzene rings is 2. The predicted octanol–water partition coefficient (Wildman–Crippen LogP) is 6.60. The van der Waals surface area contributed by atoms with E-state index in [1.54, 1.807) is 0 Å². The van der Waals surface area contributed by atoms with Gasteiger partial charge < -0.3 is 19.7 Å². The largest absolute Gasteiger partial charge is 0.454 e. The van der Waals surface area contributed by atoms with Crippen molar-refractivity contribution in [1.29, 1.82) is 0 Å². The van der Waals surface area contributed by atoms with E-state index in [4.69, 9.17) is 9.47 Å². The first-order chi connectivity index (χ1) is 18.5. The number of fused-ring (bicyclic) bond motifs is 1. The van der Waals surface area contributed by atoms with Crippen molar-refractivity contribution in [2.24, 2.45) is 0 Å². The third-order valence-corrected chi connectivity index (χ3v) is 7.57. The van der Waals surface area contributed by atoms with Crippen molar-refractivity contribution in [1.82, 2.24) is 15.1 Å². The van der Waals surface area contributed by atoms with Gasteiger partial charge in [0.05, 0.1) is 6.04 Å². The van der Waals surface area contributed by atoms with Gasteiger partial charge in [-0.25, -0.2) is 0 Å². The van der Waals surface area contributed by atoms with Gasteiger partial charge in [0.1, 0.15) is 5.01 Å². The molecule has 1 aliphatic heterocycles. The zero-order valence-electron chi connectivity index (χ0n) is 22.2. The zero-order valence-corrected chi connectivity index (χ0v) is 23.0. The van der Waals surface area contributed by atoms with Gasteiger partial charge in [0.25, 0.3) is 0 Å². The molecule has 2 amide bonds. The van der Waals surface area contributed by atoms with Crippen molar-refractivity contribution in [2.75, 3.05) is 18.7 Å². The van der Waals surface area contributed by atoms with Crippen LogP contribution >= 0.6 is 11.3 Å². The van der Waals surface area contributed by atoms with Crippen molar-refractivity contribution in [3.8, 4) is 22.1 Å². The normalized spacial score (nSPS) is 12.8. The first-order valence-corrected chi connectivity index (χ1v) is 14.2. The second kappa shape index (κ2) is 13.9. The van der Waals surface area contributed by atoms with Gasteiger partial charge in [-0.1, -0.05) is 80.7 Å². The molecule has 1 N–H and O–H groups in total. The van der Waals surface area contributed by atoms with Crippen LogP contribution in [0.25, 0.3) is 10.6 Å². The minimum atomic E-state index is -0.198. The van der Waals surface area contributed by atoms with Crippen LogP contribution in [0, 0.1) is 0 Å².